The molecule has 0 heterocycles. The number of para-hydroxylation sites is 1. The number of benzene rings is 1. The average Bonchev–Trinajstić information content (AvgIpc) is 2.28. The molecule has 0 aliphatic heterocycles. The Labute approximate surface area is 89.2 Å². The van der Waals surface area contributed by atoms with E-state index >= 15 is 0 Å². The monoisotopic (exact) mass is 209 g/mol. The fourth-order valence-electron chi connectivity index (χ4n) is 1.01. The van der Waals surface area contributed by atoms with E-state index in [1.54, 1.807) is 7.11 Å². The van der Waals surface area contributed by atoms with Crippen molar-refractivity contribution in [3.63, 3.8) is 0 Å². The van der Waals surface area contributed by atoms with E-state index in [-0.39, 0.29) is 12.5 Å². The molecule has 4 nitrogen and oxygen atoms in total. The summed E-state index contributed by atoms with van der Waals surface area (Å²) >= 11 is 0. The van der Waals surface area contributed by atoms with Gasteiger partial charge in [-0.2, -0.15) is 0 Å². The Morgan fingerprint density at radius 3 is 2.73 bits per heavy atom. The minimum Gasteiger partial charge on any atom is -0.484 e. The largest absolute Gasteiger partial charge is 0.484 e. The maximum atomic E-state index is 11.2. The molecule has 0 spiro atoms. The average molecular weight is 209 g/mol. The SMILES string of the molecule is COCCNC(=O)COc1ccccc1. The summed E-state index contributed by atoms with van der Waals surface area (Å²) in [6, 6.07) is 9.23. The van der Waals surface area contributed by atoms with E-state index in [0.717, 1.165) is 0 Å². The zero-order valence-electron chi connectivity index (χ0n) is 8.73. The number of hydrogen-bond acceptors (Lipinski definition) is 3. The van der Waals surface area contributed by atoms with Gasteiger partial charge in [-0.3, -0.25) is 4.79 Å². The quantitative estimate of drug-likeness (QED) is 0.706. The molecule has 1 N–H and O–H groups in total. The lowest BCUT2D eigenvalue weighted by Crippen LogP contribution is -2.31. The van der Waals surface area contributed by atoms with Crippen LogP contribution in [0.5, 0.6) is 5.75 Å². The van der Waals surface area contributed by atoms with Gasteiger partial charge in [-0.1, -0.05) is 18.2 Å². The van der Waals surface area contributed by atoms with Crippen molar-refractivity contribution in [3.05, 3.63) is 30.3 Å². The van der Waals surface area contributed by atoms with E-state index in [1.807, 2.05) is 30.3 Å². The molecule has 0 bridgehead atoms. The van der Waals surface area contributed by atoms with Crippen molar-refractivity contribution in [2.24, 2.45) is 0 Å². The van der Waals surface area contributed by atoms with Crippen molar-refractivity contribution < 1.29 is 14.3 Å². The minimum atomic E-state index is -0.143. The topological polar surface area (TPSA) is 47.6 Å². The van der Waals surface area contributed by atoms with Crippen LogP contribution < -0.4 is 10.1 Å². The zero-order chi connectivity index (χ0) is 10.9. The highest BCUT2D eigenvalue weighted by Crippen LogP contribution is 2.07. The lowest BCUT2D eigenvalue weighted by molar-refractivity contribution is -0.123. The highest BCUT2D eigenvalue weighted by Gasteiger charge is 2.00. The molecule has 15 heavy (non-hydrogen) atoms. The predicted molar refractivity (Wildman–Crippen MR) is 56.8 cm³/mol. The first-order valence-corrected chi connectivity index (χ1v) is 4.76. The highest BCUT2D eigenvalue weighted by atomic mass is 16.5. The summed E-state index contributed by atoms with van der Waals surface area (Å²) in [6.07, 6.45) is 0. The molecule has 1 aromatic rings. The number of nitrogens with one attached hydrogen (secondary N) is 1. The Morgan fingerprint density at radius 2 is 2.07 bits per heavy atom. The van der Waals surface area contributed by atoms with Gasteiger partial charge in [0, 0.05) is 13.7 Å². The number of ether oxygens (including phenoxy) is 2. The lowest BCUT2D eigenvalue weighted by atomic mass is 10.3. The van der Waals surface area contributed by atoms with Crippen LogP contribution in [-0.2, 0) is 9.53 Å². The van der Waals surface area contributed by atoms with E-state index in [1.165, 1.54) is 0 Å². The standard InChI is InChI=1S/C11H15NO3/c1-14-8-7-12-11(13)9-15-10-5-3-2-4-6-10/h2-6H,7-9H2,1H3,(H,12,13). The smallest absolute Gasteiger partial charge is 0.258 e. The highest BCUT2D eigenvalue weighted by molar-refractivity contribution is 5.77. The third-order valence-corrected chi connectivity index (χ3v) is 1.74. The van der Waals surface area contributed by atoms with Crippen LogP contribution in [0.2, 0.25) is 0 Å². The summed E-state index contributed by atoms with van der Waals surface area (Å²) in [6.45, 7) is 1.05. The van der Waals surface area contributed by atoms with Crippen LogP contribution in [0.1, 0.15) is 0 Å². The predicted octanol–water partition coefficient (Wildman–Crippen LogP) is 0.828. The van der Waals surface area contributed by atoms with E-state index < -0.39 is 0 Å². The van der Waals surface area contributed by atoms with Gasteiger partial charge in [0.15, 0.2) is 6.61 Å². The molecule has 1 rings (SSSR count). The van der Waals surface area contributed by atoms with E-state index in [9.17, 15) is 4.79 Å². The molecule has 0 atom stereocenters. The maximum absolute atomic E-state index is 11.2. The van der Waals surface area contributed by atoms with Crippen molar-refractivity contribution in [2.75, 3.05) is 26.9 Å². The molecule has 1 amide bonds. The molecular weight excluding hydrogens is 194 g/mol. The van der Waals surface area contributed by atoms with Crippen LogP contribution in [0, 0.1) is 0 Å². The molecule has 0 aliphatic carbocycles. The molecule has 0 aliphatic rings. The number of amides is 1. The van der Waals surface area contributed by atoms with Crippen LogP contribution in [-0.4, -0.2) is 32.8 Å². The summed E-state index contributed by atoms with van der Waals surface area (Å²) in [4.78, 5) is 11.2. The maximum Gasteiger partial charge on any atom is 0.258 e. The fraction of sp³-hybridized carbons (Fsp3) is 0.364. The number of carbonyl (C=O) groups excluding carboxylic acids is 1. The Hall–Kier alpha value is -1.55. The summed E-state index contributed by atoms with van der Waals surface area (Å²) in [5, 5.41) is 2.66. The van der Waals surface area contributed by atoms with Crippen molar-refractivity contribution in [3.8, 4) is 5.75 Å². The summed E-state index contributed by atoms with van der Waals surface area (Å²) < 4.78 is 10.0. The Balaban J connectivity index is 2.17. The van der Waals surface area contributed by atoms with E-state index in [2.05, 4.69) is 5.32 Å². The normalized spacial score (nSPS) is 9.67. The van der Waals surface area contributed by atoms with E-state index in [0.29, 0.717) is 18.9 Å². The molecular formula is C11H15NO3. The molecule has 0 radical (unpaired) electrons. The van der Waals surface area contributed by atoms with Gasteiger partial charge in [-0.15, -0.1) is 0 Å². The summed E-state index contributed by atoms with van der Waals surface area (Å²) in [7, 11) is 1.59. The number of carbonyl (C=O) groups is 1. The van der Waals surface area contributed by atoms with Gasteiger partial charge < -0.3 is 14.8 Å². The first-order chi connectivity index (χ1) is 7.33. The second kappa shape index (κ2) is 6.84. The molecule has 0 saturated carbocycles. The molecule has 0 aromatic heterocycles. The molecule has 82 valence electrons. The van der Waals surface area contributed by atoms with Gasteiger partial charge in [0.2, 0.25) is 0 Å². The van der Waals surface area contributed by atoms with Crippen molar-refractivity contribution in [1.29, 1.82) is 0 Å². The number of hydrogen-bond donors (Lipinski definition) is 1. The third kappa shape index (κ3) is 5.02. The lowest BCUT2D eigenvalue weighted by Gasteiger charge is -2.06. The molecule has 0 unspecified atom stereocenters. The first-order valence-electron chi connectivity index (χ1n) is 4.76. The van der Waals surface area contributed by atoms with Crippen molar-refractivity contribution >= 4 is 5.91 Å². The Kier molecular flexibility index (Phi) is 5.25. The first kappa shape index (κ1) is 11.5. The van der Waals surface area contributed by atoms with Crippen molar-refractivity contribution in [2.45, 2.75) is 0 Å². The van der Waals surface area contributed by atoms with Gasteiger partial charge >= 0.3 is 0 Å². The molecule has 4 heteroatoms. The minimum absolute atomic E-state index is 0.0354. The number of methoxy groups -OCH3 is 1. The number of rotatable bonds is 6. The van der Waals surface area contributed by atoms with Gasteiger partial charge in [0.1, 0.15) is 5.75 Å². The summed E-state index contributed by atoms with van der Waals surface area (Å²) in [5.41, 5.74) is 0. The fourth-order valence-corrected chi connectivity index (χ4v) is 1.01. The molecule has 0 saturated heterocycles. The van der Waals surface area contributed by atoms with Gasteiger partial charge in [0.25, 0.3) is 5.91 Å². The Bertz CT molecular complexity index is 287. The molecule has 1 aromatic carbocycles. The second-order valence-electron chi connectivity index (χ2n) is 2.94. The van der Waals surface area contributed by atoms with Crippen LogP contribution in [0.4, 0.5) is 0 Å². The van der Waals surface area contributed by atoms with Gasteiger partial charge in [-0.25, -0.2) is 0 Å². The van der Waals surface area contributed by atoms with Crippen molar-refractivity contribution in [1.82, 2.24) is 5.32 Å². The second-order valence-corrected chi connectivity index (χ2v) is 2.94. The van der Waals surface area contributed by atoms with Gasteiger partial charge in [0.05, 0.1) is 6.61 Å². The third-order valence-electron chi connectivity index (χ3n) is 1.74. The van der Waals surface area contributed by atoms with E-state index in [4.69, 9.17) is 9.47 Å². The summed E-state index contributed by atoms with van der Waals surface area (Å²) in [5.74, 6) is 0.551. The van der Waals surface area contributed by atoms with Crippen LogP contribution in [0.15, 0.2) is 30.3 Å². The van der Waals surface area contributed by atoms with Crippen LogP contribution >= 0.6 is 0 Å². The Morgan fingerprint density at radius 1 is 1.33 bits per heavy atom. The van der Waals surface area contributed by atoms with Gasteiger partial charge in [-0.05, 0) is 12.1 Å². The van der Waals surface area contributed by atoms with Crippen LogP contribution in [0.3, 0.4) is 0 Å². The zero-order valence-corrected chi connectivity index (χ0v) is 8.73. The molecule has 0 fully saturated rings. The van der Waals surface area contributed by atoms with Crippen LogP contribution in [0.25, 0.3) is 0 Å².